The highest BCUT2D eigenvalue weighted by molar-refractivity contribution is 6.20. The Kier molecular flexibility index (Phi) is 4.52. The van der Waals surface area contributed by atoms with Crippen LogP contribution in [0.15, 0.2) is 11.8 Å². The lowest BCUT2D eigenvalue weighted by Crippen LogP contribution is -2.56. The van der Waals surface area contributed by atoms with Gasteiger partial charge >= 0.3 is 0 Å². The zero-order valence-electron chi connectivity index (χ0n) is 15.8. The van der Waals surface area contributed by atoms with Crippen molar-refractivity contribution in [2.45, 2.75) is 58.9 Å². The Morgan fingerprint density at radius 1 is 0.958 bits per heavy atom. The van der Waals surface area contributed by atoms with E-state index in [1.54, 1.807) is 11.1 Å². The summed E-state index contributed by atoms with van der Waals surface area (Å²) in [6, 6.07) is 0.267. The molecular weight excluding hydrogens is 300 g/mol. The maximum absolute atomic E-state index is 12.9. The Hall–Kier alpha value is -1.32. The zero-order chi connectivity index (χ0) is 17.6. The van der Waals surface area contributed by atoms with Crippen molar-refractivity contribution >= 4 is 11.7 Å². The van der Waals surface area contributed by atoms with Crippen molar-refractivity contribution < 1.29 is 9.59 Å². The van der Waals surface area contributed by atoms with Gasteiger partial charge in [0.2, 0.25) is 0 Å². The van der Waals surface area contributed by atoms with Crippen LogP contribution in [0.25, 0.3) is 0 Å². The molecule has 4 heteroatoms. The summed E-state index contributed by atoms with van der Waals surface area (Å²) in [5.74, 6) is 2.74. The standard InChI is InChI=1S/C20H32N2O2/c1-20(2,3)18(23)16(11-22(4)5)19(24)21-17-14-7-12-6-13(9-14)10-15(17)8-12/h11-15,17H,6-10H2,1-5H3,(H,21,24). The summed E-state index contributed by atoms with van der Waals surface area (Å²) in [5.41, 5.74) is -0.259. The summed E-state index contributed by atoms with van der Waals surface area (Å²) in [5, 5.41) is 3.27. The average Bonchev–Trinajstić information content (AvgIpc) is 2.45. The number of carbonyl (C=O) groups is 2. The minimum atomic E-state index is -0.552. The van der Waals surface area contributed by atoms with E-state index in [1.807, 2.05) is 34.9 Å². The first kappa shape index (κ1) is 17.5. The molecule has 4 rings (SSSR count). The van der Waals surface area contributed by atoms with Gasteiger partial charge in [0.1, 0.15) is 0 Å². The van der Waals surface area contributed by atoms with Gasteiger partial charge in [0.15, 0.2) is 5.78 Å². The number of carbonyl (C=O) groups excluding carboxylic acids is 2. The predicted octanol–water partition coefficient (Wildman–Crippen LogP) is 2.99. The predicted molar refractivity (Wildman–Crippen MR) is 95.2 cm³/mol. The highest BCUT2D eigenvalue weighted by atomic mass is 16.2. The molecule has 1 amide bonds. The minimum absolute atomic E-state index is 0.0856. The van der Waals surface area contributed by atoms with Crippen LogP contribution in [0.1, 0.15) is 52.9 Å². The Morgan fingerprint density at radius 2 is 1.46 bits per heavy atom. The van der Waals surface area contributed by atoms with Gasteiger partial charge in [-0.2, -0.15) is 0 Å². The molecule has 134 valence electrons. The van der Waals surface area contributed by atoms with E-state index in [2.05, 4.69) is 5.32 Å². The van der Waals surface area contributed by atoms with Crippen molar-refractivity contribution in [2.24, 2.45) is 29.1 Å². The molecule has 4 aliphatic rings. The number of hydrogen-bond donors (Lipinski definition) is 1. The molecule has 1 N–H and O–H groups in total. The molecule has 0 spiro atoms. The number of rotatable bonds is 4. The smallest absolute Gasteiger partial charge is 0.256 e. The molecular formula is C20H32N2O2. The number of nitrogens with zero attached hydrogens (tertiary/aromatic N) is 1. The van der Waals surface area contributed by atoms with Crippen LogP contribution in [-0.2, 0) is 9.59 Å². The third-order valence-electron chi connectivity index (χ3n) is 6.08. The van der Waals surface area contributed by atoms with E-state index in [0.29, 0.717) is 17.4 Å². The molecule has 4 fully saturated rings. The number of hydrogen-bond acceptors (Lipinski definition) is 3. The topological polar surface area (TPSA) is 49.4 Å². The number of nitrogens with one attached hydrogen (secondary N) is 1. The van der Waals surface area contributed by atoms with Gasteiger partial charge in [0.05, 0.1) is 5.57 Å². The van der Waals surface area contributed by atoms with E-state index < -0.39 is 5.41 Å². The normalized spacial score (nSPS) is 35.0. The third-order valence-corrected chi connectivity index (χ3v) is 6.08. The molecule has 4 nitrogen and oxygen atoms in total. The van der Waals surface area contributed by atoms with Gasteiger partial charge in [-0.15, -0.1) is 0 Å². The lowest BCUT2D eigenvalue weighted by molar-refractivity contribution is -0.128. The molecule has 4 saturated carbocycles. The molecule has 0 unspecified atom stereocenters. The van der Waals surface area contributed by atoms with Gasteiger partial charge in [0, 0.05) is 31.8 Å². The average molecular weight is 332 g/mol. The van der Waals surface area contributed by atoms with E-state index in [4.69, 9.17) is 0 Å². The molecule has 0 saturated heterocycles. The van der Waals surface area contributed by atoms with Crippen molar-refractivity contribution in [1.29, 1.82) is 0 Å². The Balaban J connectivity index is 1.75. The summed E-state index contributed by atoms with van der Waals surface area (Å²) in [4.78, 5) is 27.5. The zero-order valence-corrected chi connectivity index (χ0v) is 15.8. The van der Waals surface area contributed by atoms with Crippen molar-refractivity contribution in [3.8, 4) is 0 Å². The van der Waals surface area contributed by atoms with E-state index in [0.717, 1.165) is 11.8 Å². The quantitative estimate of drug-likeness (QED) is 0.489. The van der Waals surface area contributed by atoms with Crippen molar-refractivity contribution in [3.63, 3.8) is 0 Å². The first-order chi connectivity index (χ1) is 11.1. The third kappa shape index (κ3) is 3.38. The second-order valence-electron chi connectivity index (χ2n) is 9.52. The van der Waals surface area contributed by atoms with Gasteiger partial charge in [0.25, 0.3) is 5.91 Å². The van der Waals surface area contributed by atoms with E-state index in [-0.39, 0.29) is 17.7 Å². The van der Waals surface area contributed by atoms with Crippen molar-refractivity contribution in [2.75, 3.05) is 14.1 Å². The van der Waals surface area contributed by atoms with E-state index in [9.17, 15) is 9.59 Å². The van der Waals surface area contributed by atoms with Crippen LogP contribution >= 0.6 is 0 Å². The molecule has 0 heterocycles. The van der Waals surface area contributed by atoms with Crippen LogP contribution < -0.4 is 5.32 Å². The largest absolute Gasteiger partial charge is 0.383 e. The van der Waals surface area contributed by atoms with Gasteiger partial charge < -0.3 is 10.2 Å². The molecule has 0 aromatic carbocycles. The van der Waals surface area contributed by atoms with Crippen LogP contribution in [0.3, 0.4) is 0 Å². The summed E-state index contributed by atoms with van der Waals surface area (Å²) in [6.45, 7) is 5.61. The Morgan fingerprint density at radius 3 is 1.88 bits per heavy atom. The summed E-state index contributed by atoms with van der Waals surface area (Å²) in [6.07, 6.45) is 8.13. The van der Waals surface area contributed by atoms with Crippen LogP contribution in [0.4, 0.5) is 0 Å². The second kappa shape index (κ2) is 6.20. The highest BCUT2D eigenvalue weighted by Crippen LogP contribution is 2.53. The maximum Gasteiger partial charge on any atom is 0.256 e. The molecule has 4 aliphatic carbocycles. The van der Waals surface area contributed by atoms with Crippen LogP contribution in [-0.4, -0.2) is 36.7 Å². The van der Waals surface area contributed by atoms with Gasteiger partial charge in [-0.1, -0.05) is 20.8 Å². The van der Waals surface area contributed by atoms with Crippen LogP contribution in [0.2, 0.25) is 0 Å². The maximum atomic E-state index is 12.9. The Bertz CT molecular complexity index is 528. The second-order valence-corrected chi connectivity index (χ2v) is 9.52. The monoisotopic (exact) mass is 332 g/mol. The minimum Gasteiger partial charge on any atom is -0.383 e. The molecule has 0 atom stereocenters. The van der Waals surface area contributed by atoms with Crippen molar-refractivity contribution in [3.05, 3.63) is 11.8 Å². The molecule has 4 bridgehead atoms. The number of Topliss-reactive ketones (excluding diaryl/α,β-unsaturated/α-hetero) is 1. The first-order valence-electron chi connectivity index (χ1n) is 9.39. The fourth-order valence-corrected chi connectivity index (χ4v) is 5.27. The molecule has 0 aliphatic heterocycles. The fourth-order valence-electron chi connectivity index (χ4n) is 5.27. The lowest BCUT2D eigenvalue weighted by Gasteiger charge is -2.54. The molecule has 0 radical (unpaired) electrons. The highest BCUT2D eigenvalue weighted by Gasteiger charge is 2.49. The first-order valence-corrected chi connectivity index (χ1v) is 9.39. The van der Waals surface area contributed by atoms with Crippen LogP contribution in [0, 0.1) is 29.1 Å². The van der Waals surface area contributed by atoms with Crippen LogP contribution in [0.5, 0.6) is 0 Å². The fraction of sp³-hybridized carbons (Fsp3) is 0.800. The van der Waals surface area contributed by atoms with E-state index in [1.165, 1.54) is 32.1 Å². The van der Waals surface area contributed by atoms with Crippen molar-refractivity contribution in [1.82, 2.24) is 10.2 Å². The molecule has 0 aromatic rings. The number of ketones is 1. The van der Waals surface area contributed by atoms with Gasteiger partial charge in [-0.25, -0.2) is 0 Å². The van der Waals surface area contributed by atoms with Gasteiger partial charge in [-0.3, -0.25) is 9.59 Å². The SMILES string of the molecule is CN(C)C=C(C(=O)NC1C2CC3CC(C2)CC1C3)C(=O)C(C)(C)C. The van der Waals surface area contributed by atoms with E-state index >= 15 is 0 Å². The lowest BCUT2D eigenvalue weighted by atomic mass is 9.54. The Labute approximate surface area is 146 Å². The number of amides is 1. The molecule has 24 heavy (non-hydrogen) atoms. The summed E-state index contributed by atoms with van der Waals surface area (Å²) in [7, 11) is 3.71. The summed E-state index contributed by atoms with van der Waals surface area (Å²) >= 11 is 0. The molecule has 0 aromatic heterocycles. The van der Waals surface area contributed by atoms with Gasteiger partial charge in [-0.05, 0) is 55.8 Å². The summed E-state index contributed by atoms with van der Waals surface area (Å²) < 4.78 is 0.